The Bertz CT molecular complexity index is 1140. The molecule has 0 unspecified atom stereocenters. The number of likely N-dealkylation sites (N-methyl/N-ethyl adjacent to an activating group) is 1. The van der Waals surface area contributed by atoms with E-state index in [-0.39, 0.29) is 17.8 Å². The Morgan fingerprint density at radius 3 is 2.53 bits per heavy atom. The fourth-order valence-electron chi connectivity index (χ4n) is 4.92. The van der Waals surface area contributed by atoms with E-state index in [2.05, 4.69) is 23.5 Å². The number of hydrogen-bond donors (Lipinski definition) is 2. The smallest absolute Gasteiger partial charge is 0.239 e. The molecule has 0 spiro atoms. The van der Waals surface area contributed by atoms with Crippen LogP contribution in [-0.2, 0) is 15.1 Å². The molecular formula is C26H28N4O2. The van der Waals surface area contributed by atoms with Crippen molar-refractivity contribution in [3.05, 3.63) is 71.3 Å². The molecule has 2 saturated heterocycles. The van der Waals surface area contributed by atoms with Gasteiger partial charge in [-0.15, -0.1) is 0 Å². The topological polar surface area (TPSA) is 76.5 Å². The number of nitrogens with zero attached hydrogens (tertiary/aromatic N) is 2. The first-order valence-electron chi connectivity index (χ1n) is 11.2. The van der Waals surface area contributed by atoms with E-state index >= 15 is 0 Å². The van der Waals surface area contributed by atoms with Crippen molar-refractivity contribution in [2.45, 2.75) is 44.1 Å². The van der Waals surface area contributed by atoms with Gasteiger partial charge in [0.25, 0.3) is 0 Å². The summed E-state index contributed by atoms with van der Waals surface area (Å²) >= 11 is 0. The van der Waals surface area contributed by atoms with Crippen LogP contribution < -0.4 is 10.2 Å². The van der Waals surface area contributed by atoms with Crippen molar-refractivity contribution in [3.8, 4) is 0 Å². The Morgan fingerprint density at radius 1 is 1.09 bits per heavy atom. The SMILES string of the molecule is CN1C(=N)N[C@](C)(c2cccc(C3=CC3)c2)[C@H](c2ccc(N3CCCCC3=O)cc2)C1=O. The van der Waals surface area contributed by atoms with Gasteiger partial charge in [0.05, 0.1) is 11.5 Å². The van der Waals surface area contributed by atoms with Crippen molar-refractivity contribution < 1.29 is 9.59 Å². The van der Waals surface area contributed by atoms with Gasteiger partial charge in [0.15, 0.2) is 5.96 Å². The summed E-state index contributed by atoms with van der Waals surface area (Å²) in [5, 5.41) is 11.7. The molecule has 0 saturated carbocycles. The zero-order chi connectivity index (χ0) is 22.5. The molecule has 6 nitrogen and oxygen atoms in total. The summed E-state index contributed by atoms with van der Waals surface area (Å²) in [6.07, 6.45) is 5.74. The quantitative estimate of drug-likeness (QED) is 0.773. The van der Waals surface area contributed by atoms with Crippen LogP contribution in [0.5, 0.6) is 0 Å². The number of rotatable bonds is 4. The number of allylic oxidation sites excluding steroid dienone is 2. The van der Waals surface area contributed by atoms with Gasteiger partial charge in [-0.3, -0.25) is 19.9 Å². The molecule has 32 heavy (non-hydrogen) atoms. The lowest BCUT2D eigenvalue weighted by atomic mass is 9.73. The van der Waals surface area contributed by atoms with Crippen LogP contribution in [0.4, 0.5) is 5.69 Å². The van der Waals surface area contributed by atoms with Crippen LogP contribution in [-0.4, -0.2) is 36.3 Å². The fraction of sp³-hybridized carbons (Fsp3) is 0.346. The molecule has 1 aliphatic carbocycles. The summed E-state index contributed by atoms with van der Waals surface area (Å²) in [6, 6.07) is 16.1. The summed E-state index contributed by atoms with van der Waals surface area (Å²) < 4.78 is 0. The molecule has 6 heteroatoms. The zero-order valence-corrected chi connectivity index (χ0v) is 18.5. The van der Waals surface area contributed by atoms with Crippen LogP contribution in [0.3, 0.4) is 0 Å². The van der Waals surface area contributed by atoms with E-state index in [9.17, 15) is 9.59 Å². The third kappa shape index (κ3) is 3.40. The molecule has 2 heterocycles. The van der Waals surface area contributed by atoms with Crippen LogP contribution in [0.2, 0.25) is 0 Å². The normalized spacial score (nSPS) is 25.5. The van der Waals surface area contributed by atoms with Crippen LogP contribution in [0.25, 0.3) is 5.57 Å². The first-order valence-corrected chi connectivity index (χ1v) is 11.2. The monoisotopic (exact) mass is 428 g/mol. The fourth-order valence-corrected chi connectivity index (χ4v) is 4.92. The lowest BCUT2D eigenvalue weighted by molar-refractivity contribution is -0.131. The lowest BCUT2D eigenvalue weighted by Gasteiger charge is -2.46. The van der Waals surface area contributed by atoms with Crippen LogP contribution in [0, 0.1) is 5.41 Å². The molecule has 2 aromatic carbocycles. The van der Waals surface area contributed by atoms with Crippen LogP contribution in [0.1, 0.15) is 55.2 Å². The van der Waals surface area contributed by atoms with Gasteiger partial charge in [-0.1, -0.05) is 36.4 Å². The van der Waals surface area contributed by atoms with Gasteiger partial charge in [-0.05, 0) is 66.6 Å². The van der Waals surface area contributed by atoms with Crippen LogP contribution in [0.15, 0.2) is 54.6 Å². The van der Waals surface area contributed by atoms with Gasteiger partial charge in [0.2, 0.25) is 11.8 Å². The van der Waals surface area contributed by atoms with Crippen molar-refractivity contribution in [3.63, 3.8) is 0 Å². The molecule has 5 rings (SSSR count). The molecule has 3 aliphatic rings. The summed E-state index contributed by atoms with van der Waals surface area (Å²) in [5.74, 6) is -0.367. The molecule has 0 bridgehead atoms. The van der Waals surface area contributed by atoms with Gasteiger partial charge >= 0.3 is 0 Å². The first-order chi connectivity index (χ1) is 15.4. The number of piperidine rings is 1. The summed E-state index contributed by atoms with van der Waals surface area (Å²) in [6.45, 7) is 2.74. The maximum Gasteiger partial charge on any atom is 0.239 e. The second kappa shape index (κ2) is 7.62. The maximum absolute atomic E-state index is 13.5. The Hall–Kier alpha value is -3.41. The Morgan fingerprint density at radius 2 is 1.84 bits per heavy atom. The third-order valence-corrected chi connectivity index (χ3v) is 6.97. The minimum atomic E-state index is -0.769. The van der Waals surface area contributed by atoms with Crippen molar-refractivity contribution in [1.29, 1.82) is 5.41 Å². The molecule has 2 aromatic rings. The first kappa shape index (κ1) is 20.5. The van der Waals surface area contributed by atoms with E-state index in [4.69, 9.17) is 5.41 Å². The highest BCUT2D eigenvalue weighted by Gasteiger charge is 2.48. The van der Waals surface area contributed by atoms with Gasteiger partial charge in [-0.2, -0.15) is 0 Å². The van der Waals surface area contributed by atoms with Crippen molar-refractivity contribution in [1.82, 2.24) is 10.2 Å². The number of nitrogens with one attached hydrogen (secondary N) is 2. The van der Waals surface area contributed by atoms with Gasteiger partial charge in [-0.25, -0.2) is 0 Å². The molecule has 2 fully saturated rings. The molecule has 0 radical (unpaired) electrons. The third-order valence-electron chi connectivity index (χ3n) is 6.97. The van der Waals surface area contributed by atoms with E-state index in [1.165, 1.54) is 16.0 Å². The highest BCUT2D eigenvalue weighted by atomic mass is 16.2. The van der Waals surface area contributed by atoms with Crippen LogP contribution >= 0.6 is 0 Å². The highest BCUT2D eigenvalue weighted by Crippen LogP contribution is 2.42. The van der Waals surface area contributed by atoms with E-state index in [0.717, 1.165) is 42.6 Å². The van der Waals surface area contributed by atoms with Crippen molar-refractivity contribution in [2.24, 2.45) is 0 Å². The summed E-state index contributed by atoms with van der Waals surface area (Å²) in [4.78, 5) is 29.0. The average molecular weight is 429 g/mol. The number of benzene rings is 2. The Balaban J connectivity index is 1.54. The minimum absolute atomic E-state index is 0.0975. The molecule has 2 aliphatic heterocycles. The number of guanidine groups is 1. The van der Waals surface area contributed by atoms with E-state index in [0.29, 0.717) is 6.42 Å². The van der Waals surface area contributed by atoms with Gasteiger partial charge in [0, 0.05) is 25.7 Å². The number of hydrogen-bond acceptors (Lipinski definition) is 3. The zero-order valence-electron chi connectivity index (χ0n) is 18.5. The minimum Gasteiger partial charge on any atom is -0.346 e. The van der Waals surface area contributed by atoms with Gasteiger partial charge in [0.1, 0.15) is 0 Å². The van der Waals surface area contributed by atoms with E-state index in [1.807, 2.05) is 48.2 Å². The maximum atomic E-state index is 13.5. The molecule has 2 amide bonds. The number of amides is 2. The van der Waals surface area contributed by atoms with E-state index < -0.39 is 11.5 Å². The summed E-state index contributed by atoms with van der Waals surface area (Å²) in [5.41, 5.74) is 4.44. The lowest BCUT2D eigenvalue weighted by Crippen LogP contribution is -2.62. The predicted octanol–water partition coefficient (Wildman–Crippen LogP) is 3.99. The second-order valence-corrected chi connectivity index (χ2v) is 9.11. The molecular weight excluding hydrogens is 400 g/mol. The number of carbonyl (C=O) groups is 2. The molecule has 2 N–H and O–H groups in total. The molecule has 2 atom stereocenters. The molecule has 164 valence electrons. The largest absolute Gasteiger partial charge is 0.346 e. The number of anilines is 1. The average Bonchev–Trinajstić information content (AvgIpc) is 3.64. The standard InChI is InChI=1S/C26H28N4O2/c1-26(20-7-5-6-19(16-20)17-9-10-17)23(24(32)29(2)25(27)28-26)18-11-13-21(14-12-18)30-15-4-3-8-22(30)31/h5-7,9,11-14,16,23H,3-4,8,10,15H2,1-2H3,(H2,27,28)/t23-,26-/m1/s1. The predicted molar refractivity (Wildman–Crippen MR) is 125 cm³/mol. The Labute approximate surface area is 188 Å². The summed E-state index contributed by atoms with van der Waals surface area (Å²) in [7, 11) is 1.64. The van der Waals surface area contributed by atoms with Crippen molar-refractivity contribution >= 4 is 29.0 Å². The second-order valence-electron chi connectivity index (χ2n) is 9.11. The van der Waals surface area contributed by atoms with E-state index in [1.54, 1.807) is 7.05 Å². The van der Waals surface area contributed by atoms with Crippen molar-refractivity contribution in [2.75, 3.05) is 18.5 Å². The molecule has 0 aromatic heterocycles. The highest BCUT2D eigenvalue weighted by molar-refractivity contribution is 6.03. The number of carbonyl (C=O) groups excluding carboxylic acids is 2. The Kier molecular flexibility index (Phi) is 4.88. The van der Waals surface area contributed by atoms with Gasteiger partial charge < -0.3 is 10.2 Å².